The molecule has 20 heavy (non-hydrogen) atoms. The highest BCUT2D eigenvalue weighted by Crippen LogP contribution is 2.25. The Morgan fingerprint density at radius 1 is 1.15 bits per heavy atom. The summed E-state index contributed by atoms with van der Waals surface area (Å²) in [5.74, 6) is -0.176. The minimum atomic E-state index is -0.176. The molecule has 0 radical (unpaired) electrons. The lowest BCUT2D eigenvalue weighted by atomic mass is 10.1. The molecule has 0 amide bonds. The van der Waals surface area contributed by atoms with Gasteiger partial charge >= 0.3 is 0 Å². The molecule has 0 spiro atoms. The van der Waals surface area contributed by atoms with E-state index in [1.165, 1.54) is 17.2 Å². The lowest BCUT2D eigenvalue weighted by Gasteiger charge is -2.17. The maximum atomic E-state index is 13.2. The Morgan fingerprint density at radius 3 is 2.40 bits per heavy atom. The van der Waals surface area contributed by atoms with Crippen molar-refractivity contribution in [1.29, 1.82) is 0 Å². The molecule has 1 nitrogen and oxygen atoms in total. The molecule has 0 aliphatic rings. The van der Waals surface area contributed by atoms with E-state index in [1.54, 1.807) is 12.1 Å². The molecule has 2 aromatic carbocycles. The molecule has 1 unspecified atom stereocenters. The summed E-state index contributed by atoms with van der Waals surface area (Å²) in [4.78, 5) is 0. The third-order valence-electron chi connectivity index (χ3n) is 3.28. The largest absolute Gasteiger partial charge is 0.382 e. The summed E-state index contributed by atoms with van der Waals surface area (Å²) in [7, 11) is 0. The predicted octanol–water partition coefficient (Wildman–Crippen LogP) is 5.25. The molecule has 1 atom stereocenters. The summed E-state index contributed by atoms with van der Waals surface area (Å²) < 4.78 is 14.3. The van der Waals surface area contributed by atoms with E-state index in [-0.39, 0.29) is 11.9 Å². The maximum absolute atomic E-state index is 13.2. The van der Waals surface area contributed by atoms with E-state index in [0.717, 1.165) is 22.1 Å². The molecule has 0 aromatic heterocycles. The molecular formula is C17H19BrFN. The van der Waals surface area contributed by atoms with E-state index in [0.29, 0.717) is 0 Å². The normalized spacial score (nSPS) is 12.2. The monoisotopic (exact) mass is 335 g/mol. The number of rotatable bonds is 4. The number of aryl methyl sites for hydroxylation is 2. The van der Waals surface area contributed by atoms with Gasteiger partial charge in [-0.2, -0.15) is 0 Å². The molecule has 2 aromatic rings. The fourth-order valence-electron chi connectivity index (χ4n) is 2.38. The molecule has 0 heterocycles. The highest BCUT2D eigenvalue weighted by molar-refractivity contribution is 9.10. The number of nitrogens with one attached hydrogen (secondary N) is 1. The van der Waals surface area contributed by atoms with E-state index in [2.05, 4.69) is 54.2 Å². The van der Waals surface area contributed by atoms with Crippen molar-refractivity contribution in [2.75, 3.05) is 5.32 Å². The van der Waals surface area contributed by atoms with Gasteiger partial charge in [0.15, 0.2) is 0 Å². The van der Waals surface area contributed by atoms with Crippen LogP contribution in [0.5, 0.6) is 0 Å². The SMILES string of the molecule is Cc1cc(NC(C)Cc2cccc(F)c2)cc(C)c1Br. The van der Waals surface area contributed by atoms with Crippen molar-refractivity contribution in [3.63, 3.8) is 0 Å². The topological polar surface area (TPSA) is 12.0 Å². The minimum absolute atomic E-state index is 0.176. The van der Waals surface area contributed by atoms with Gasteiger partial charge in [0.2, 0.25) is 0 Å². The van der Waals surface area contributed by atoms with Gasteiger partial charge < -0.3 is 5.32 Å². The third kappa shape index (κ3) is 3.83. The van der Waals surface area contributed by atoms with Gasteiger partial charge in [0.05, 0.1) is 0 Å². The molecular weight excluding hydrogens is 317 g/mol. The molecule has 0 aliphatic carbocycles. The Hall–Kier alpha value is -1.35. The highest BCUT2D eigenvalue weighted by Gasteiger charge is 2.07. The van der Waals surface area contributed by atoms with Crippen molar-refractivity contribution < 1.29 is 4.39 Å². The Kier molecular flexibility index (Phi) is 4.81. The van der Waals surface area contributed by atoms with E-state index >= 15 is 0 Å². The first-order chi connectivity index (χ1) is 9.45. The first kappa shape index (κ1) is 15.0. The third-order valence-corrected chi connectivity index (χ3v) is 4.53. The van der Waals surface area contributed by atoms with Crippen molar-refractivity contribution in [1.82, 2.24) is 0 Å². The van der Waals surface area contributed by atoms with Crippen LogP contribution in [0, 0.1) is 19.7 Å². The summed E-state index contributed by atoms with van der Waals surface area (Å²) in [6, 6.07) is 11.3. The van der Waals surface area contributed by atoms with Gasteiger partial charge in [0.25, 0.3) is 0 Å². The van der Waals surface area contributed by atoms with Gasteiger partial charge in [-0.25, -0.2) is 4.39 Å². The number of halogens is 2. The van der Waals surface area contributed by atoms with E-state index in [9.17, 15) is 4.39 Å². The quantitative estimate of drug-likeness (QED) is 0.804. The predicted molar refractivity (Wildman–Crippen MR) is 86.8 cm³/mol. The van der Waals surface area contributed by atoms with Crippen molar-refractivity contribution in [3.05, 3.63) is 63.4 Å². The molecule has 0 aliphatic heterocycles. The van der Waals surface area contributed by atoms with E-state index in [4.69, 9.17) is 0 Å². The Balaban J connectivity index is 2.06. The number of anilines is 1. The Bertz CT molecular complexity index is 587. The first-order valence-corrected chi connectivity index (χ1v) is 7.52. The standard InChI is InChI=1S/C17H19BrFN/c1-11-7-16(8-12(2)17(11)18)20-13(3)9-14-5-4-6-15(19)10-14/h4-8,10,13,20H,9H2,1-3H3. The van der Waals surface area contributed by atoms with Gasteiger partial charge in [-0.3, -0.25) is 0 Å². The fraction of sp³-hybridized carbons (Fsp3) is 0.294. The number of hydrogen-bond donors (Lipinski definition) is 1. The first-order valence-electron chi connectivity index (χ1n) is 6.73. The zero-order chi connectivity index (χ0) is 14.7. The second kappa shape index (κ2) is 6.40. The average Bonchev–Trinajstić information content (AvgIpc) is 2.35. The molecule has 106 valence electrons. The smallest absolute Gasteiger partial charge is 0.123 e. The Morgan fingerprint density at radius 2 is 1.80 bits per heavy atom. The van der Waals surface area contributed by atoms with E-state index < -0.39 is 0 Å². The average molecular weight is 336 g/mol. The second-order valence-electron chi connectivity index (χ2n) is 5.30. The zero-order valence-corrected chi connectivity index (χ0v) is 13.6. The van der Waals surface area contributed by atoms with Crippen LogP contribution in [-0.2, 0) is 6.42 Å². The summed E-state index contributed by atoms with van der Waals surface area (Å²) in [5, 5.41) is 3.48. The van der Waals surface area contributed by atoms with Gasteiger partial charge in [-0.15, -0.1) is 0 Å². The van der Waals surface area contributed by atoms with Crippen LogP contribution in [0.1, 0.15) is 23.6 Å². The van der Waals surface area contributed by atoms with Crippen molar-refractivity contribution >= 4 is 21.6 Å². The van der Waals surface area contributed by atoms with Crippen LogP contribution in [0.4, 0.5) is 10.1 Å². The van der Waals surface area contributed by atoms with Gasteiger partial charge in [0, 0.05) is 16.2 Å². The van der Waals surface area contributed by atoms with Crippen LogP contribution in [0.15, 0.2) is 40.9 Å². The van der Waals surface area contributed by atoms with Gasteiger partial charge in [-0.1, -0.05) is 28.1 Å². The van der Waals surface area contributed by atoms with Crippen molar-refractivity contribution in [3.8, 4) is 0 Å². The summed E-state index contributed by atoms with van der Waals surface area (Å²) >= 11 is 3.57. The fourth-order valence-corrected chi connectivity index (χ4v) is 2.61. The van der Waals surface area contributed by atoms with Crippen LogP contribution in [0.3, 0.4) is 0 Å². The molecule has 0 bridgehead atoms. The van der Waals surface area contributed by atoms with Gasteiger partial charge in [0.1, 0.15) is 5.82 Å². The summed E-state index contributed by atoms with van der Waals surface area (Å²) in [5.41, 5.74) is 4.54. The molecule has 3 heteroatoms. The molecule has 0 saturated carbocycles. The van der Waals surface area contributed by atoms with Crippen LogP contribution >= 0.6 is 15.9 Å². The van der Waals surface area contributed by atoms with Gasteiger partial charge in [-0.05, 0) is 68.1 Å². The summed E-state index contributed by atoms with van der Waals surface area (Å²) in [6.45, 7) is 6.27. The number of benzene rings is 2. The lowest BCUT2D eigenvalue weighted by Crippen LogP contribution is -2.18. The van der Waals surface area contributed by atoms with Crippen molar-refractivity contribution in [2.24, 2.45) is 0 Å². The molecule has 1 N–H and O–H groups in total. The number of hydrogen-bond acceptors (Lipinski definition) is 1. The van der Waals surface area contributed by atoms with Crippen molar-refractivity contribution in [2.45, 2.75) is 33.2 Å². The molecule has 2 rings (SSSR count). The minimum Gasteiger partial charge on any atom is -0.382 e. The Labute approximate surface area is 128 Å². The van der Waals surface area contributed by atoms with Crippen LogP contribution < -0.4 is 5.32 Å². The lowest BCUT2D eigenvalue weighted by molar-refractivity contribution is 0.624. The van der Waals surface area contributed by atoms with Crippen LogP contribution in [0.25, 0.3) is 0 Å². The summed E-state index contributed by atoms with van der Waals surface area (Å²) in [6.07, 6.45) is 0.798. The molecule has 0 fully saturated rings. The van der Waals surface area contributed by atoms with Crippen LogP contribution in [0.2, 0.25) is 0 Å². The maximum Gasteiger partial charge on any atom is 0.123 e. The van der Waals surface area contributed by atoms with Crippen LogP contribution in [-0.4, -0.2) is 6.04 Å². The zero-order valence-electron chi connectivity index (χ0n) is 12.0. The van der Waals surface area contributed by atoms with E-state index in [1.807, 2.05) is 6.07 Å². The molecule has 0 saturated heterocycles. The highest BCUT2D eigenvalue weighted by atomic mass is 79.9. The second-order valence-corrected chi connectivity index (χ2v) is 6.10.